The van der Waals surface area contributed by atoms with Crippen molar-refractivity contribution in [3.63, 3.8) is 0 Å². The van der Waals surface area contributed by atoms with E-state index in [0.29, 0.717) is 44.3 Å². The number of carbonyl (C=O) groups is 4. The summed E-state index contributed by atoms with van der Waals surface area (Å²) in [5, 5.41) is 4.59. The van der Waals surface area contributed by atoms with Gasteiger partial charge in [-0.3, -0.25) is 19.1 Å². The Labute approximate surface area is 316 Å². The highest BCUT2D eigenvalue weighted by Gasteiger charge is 2.62. The first-order chi connectivity index (χ1) is 25.8. The van der Waals surface area contributed by atoms with Gasteiger partial charge in [-0.25, -0.2) is 23.2 Å². The van der Waals surface area contributed by atoms with Crippen molar-refractivity contribution >= 4 is 44.9 Å². The summed E-state index contributed by atoms with van der Waals surface area (Å²) in [6.07, 6.45) is -0.378. The van der Waals surface area contributed by atoms with E-state index in [0.717, 1.165) is 4.90 Å². The van der Waals surface area contributed by atoms with Crippen LogP contribution in [-0.2, 0) is 35.3 Å². The molecule has 0 bridgehead atoms. The molecule has 0 spiro atoms. The fourth-order valence-electron chi connectivity index (χ4n) is 6.87. The lowest BCUT2D eigenvalue weighted by Gasteiger charge is -2.30. The maximum atomic E-state index is 14.4. The number of rotatable bonds is 7. The smallest absolute Gasteiger partial charge is 0.438 e. The zero-order chi connectivity index (χ0) is 39.9. The number of methoxy groups -OCH3 is 1. The van der Waals surface area contributed by atoms with Gasteiger partial charge in [-0.05, 0) is 71.4 Å². The van der Waals surface area contributed by atoms with Gasteiger partial charge in [-0.2, -0.15) is 13.2 Å². The van der Waals surface area contributed by atoms with Crippen molar-refractivity contribution in [2.75, 3.05) is 13.7 Å². The maximum absolute atomic E-state index is 14.4. The molecular weight excluding hydrogens is 749 g/mol. The molecule has 4 aliphatic rings. The van der Waals surface area contributed by atoms with Crippen molar-refractivity contribution in [3.05, 3.63) is 36.0 Å². The van der Waals surface area contributed by atoms with Gasteiger partial charge in [-0.15, -0.1) is 0 Å². The lowest BCUT2D eigenvalue weighted by atomic mass is 10.0. The number of carbonyl (C=O) groups excluding carboxylic acids is 4. The molecule has 0 unspecified atom stereocenters. The summed E-state index contributed by atoms with van der Waals surface area (Å²) in [7, 11) is -2.62. The molecule has 1 aromatic carbocycles. The van der Waals surface area contributed by atoms with Crippen molar-refractivity contribution in [1.29, 1.82) is 0 Å². The lowest BCUT2D eigenvalue weighted by molar-refractivity contribution is -0.143. The molecule has 1 aromatic heterocycles. The molecule has 2 aromatic rings. The molecule has 300 valence electrons. The number of hydrogen-bond donors (Lipinski definition) is 3. The Hall–Kier alpha value is -4.68. The second-order valence-electron chi connectivity index (χ2n) is 15.4. The summed E-state index contributed by atoms with van der Waals surface area (Å²) in [4.78, 5) is 64.2. The molecule has 55 heavy (non-hydrogen) atoms. The Morgan fingerprint density at radius 2 is 1.78 bits per heavy atom. The summed E-state index contributed by atoms with van der Waals surface area (Å²) < 4.78 is 87.1. The summed E-state index contributed by atoms with van der Waals surface area (Å²) in [5.41, 5.74) is -4.03. The van der Waals surface area contributed by atoms with Crippen LogP contribution in [-0.4, -0.2) is 95.3 Å². The highest BCUT2D eigenvalue weighted by molar-refractivity contribution is 7.91. The first kappa shape index (κ1) is 40.0. The normalized spacial score (nSPS) is 27.1. The fourth-order valence-corrected chi connectivity index (χ4v) is 8.23. The van der Waals surface area contributed by atoms with Gasteiger partial charge in [0, 0.05) is 18.4 Å². The van der Waals surface area contributed by atoms with Gasteiger partial charge >= 0.3 is 12.3 Å². The summed E-state index contributed by atoms with van der Waals surface area (Å²) in [6.45, 7) is 4.54. The van der Waals surface area contributed by atoms with Crippen LogP contribution in [0.1, 0.15) is 84.3 Å². The Bertz CT molecular complexity index is 1980. The molecule has 6 rings (SSSR count). The van der Waals surface area contributed by atoms with E-state index in [1.807, 2.05) is 6.08 Å². The Morgan fingerprint density at radius 3 is 2.45 bits per heavy atom. The first-order valence-electron chi connectivity index (χ1n) is 18.2. The molecule has 2 saturated carbocycles. The van der Waals surface area contributed by atoms with E-state index in [1.54, 1.807) is 26.8 Å². The number of alkyl carbamates (subject to hydrolysis) is 1. The number of benzene rings is 1. The topological polar surface area (TPSA) is 195 Å². The standard InChI is InChI=1S/C36H45F3N6O9S/c1-34(2,3)54-33(49)42-25-11-9-7-5-6-8-10-20-18-35(20,32(48)44-55(50,51)23-13-14-23)43-29(46)27-17-22(19-45(27)31(25)47)53-30-28(36(37,38)39)40-24-15-12-21(52-4)16-26(24)41-30/h8,10,12,15-16,20,22-23,25,27H,5-7,9,11,13-14,17-19H2,1-4H3,(H,42,49)(H,43,46)(H,44,48)/b10-8-/t20-,22-,25+,27+,35-/m1/s1. The number of fused-ring (bicyclic) bond motifs is 3. The van der Waals surface area contributed by atoms with E-state index >= 15 is 0 Å². The van der Waals surface area contributed by atoms with Crippen LogP contribution in [0.25, 0.3) is 11.0 Å². The predicted molar refractivity (Wildman–Crippen MR) is 190 cm³/mol. The minimum Gasteiger partial charge on any atom is -0.497 e. The molecule has 1 saturated heterocycles. The number of allylic oxidation sites excluding steroid dienone is 1. The minimum absolute atomic E-state index is 0.0348. The number of hydrogen-bond acceptors (Lipinski definition) is 11. The van der Waals surface area contributed by atoms with Crippen molar-refractivity contribution in [3.8, 4) is 11.6 Å². The van der Waals surface area contributed by atoms with E-state index in [4.69, 9.17) is 14.2 Å². The van der Waals surface area contributed by atoms with E-state index < -0.39 is 98.6 Å². The summed E-state index contributed by atoms with van der Waals surface area (Å²) >= 11 is 0. The van der Waals surface area contributed by atoms with Crippen molar-refractivity contribution in [2.45, 2.75) is 119 Å². The Kier molecular flexibility index (Phi) is 11.0. The van der Waals surface area contributed by atoms with Crippen LogP contribution < -0.4 is 24.8 Å². The molecule has 3 heterocycles. The zero-order valence-corrected chi connectivity index (χ0v) is 31.7. The fraction of sp³-hybridized carbons (Fsp3) is 0.611. The summed E-state index contributed by atoms with van der Waals surface area (Å²) in [5.74, 6) is -3.64. The number of amides is 4. The van der Waals surface area contributed by atoms with Crippen LogP contribution in [0.2, 0.25) is 0 Å². The van der Waals surface area contributed by atoms with Crippen molar-refractivity contribution in [2.24, 2.45) is 5.92 Å². The number of nitrogens with one attached hydrogen (secondary N) is 3. The third-order valence-electron chi connectivity index (χ3n) is 9.92. The number of halogens is 3. The quantitative estimate of drug-likeness (QED) is 0.344. The van der Waals surface area contributed by atoms with E-state index in [-0.39, 0.29) is 30.3 Å². The van der Waals surface area contributed by atoms with Crippen LogP contribution in [0.15, 0.2) is 30.4 Å². The first-order valence-corrected chi connectivity index (χ1v) is 19.8. The van der Waals surface area contributed by atoms with Crippen LogP contribution in [0, 0.1) is 5.92 Å². The van der Waals surface area contributed by atoms with E-state index in [9.17, 15) is 40.8 Å². The second-order valence-corrected chi connectivity index (χ2v) is 17.4. The molecule has 0 radical (unpaired) electrons. The largest absolute Gasteiger partial charge is 0.497 e. The molecule has 2 aliphatic heterocycles. The van der Waals surface area contributed by atoms with Gasteiger partial charge in [0.2, 0.25) is 33.4 Å². The highest BCUT2D eigenvalue weighted by Crippen LogP contribution is 2.46. The molecule has 4 amide bonds. The monoisotopic (exact) mass is 794 g/mol. The van der Waals surface area contributed by atoms with Crippen LogP contribution in [0.3, 0.4) is 0 Å². The summed E-state index contributed by atoms with van der Waals surface area (Å²) in [6, 6.07) is 1.52. The minimum atomic E-state index is -5.00. The number of nitrogens with zero attached hydrogens (tertiary/aromatic N) is 3. The average molecular weight is 795 g/mol. The zero-order valence-electron chi connectivity index (χ0n) is 30.9. The Balaban J connectivity index is 1.34. The van der Waals surface area contributed by atoms with Gasteiger partial charge in [0.15, 0.2) is 0 Å². The number of aromatic nitrogens is 2. The Morgan fingerprint density at radius 1 is 1.04 bits per heavy atom. The molecule has 19 heteroatoms. The lowest BCUT2D eigenvalue weighted by Crippen LogP contribution is -2.58. The number of alkyl halides is 3. The highest BCUT2D eigenvalue weighted by atomic mass is 32.2. The van der Waals surface area contributed by atoms with Crippen LogP contribution >= 0.6 is 0 Å². The molecule has 15 nitrogen and oxygen atoms in total. The van der Waals surface area contributed by atoms with Crippen molar-refractivity contribution in [1.82, 2.24) is 30.2 Å². The van der Waals surface area contributed by atoms with Crippen LogP contribution in [0.4, 0.5) is 18.0 Å². The van der Waals surface area contributed by atoms with E-state index in [1.165, 1.54) is 25.3 Å². The van der Waals surface area contributed by atoms with Gasteiger partial charge in [0.1, 0.15) is 35.1 Å². The average Bonchev–Trinajstić information content (AvgIpc) is 4.02. The molecule has 3 fully saturated rings. The van der Waals surface area contributed by atoms with Gasteiger partial charge in [0.05, 0.1) is 29.9 Å². The molecule has 5 atom stereocenters. The van der Waals surface area contributed by atoms with Crippen LogP contribution in [0.5, 0.6) is 11.6 Å². The number of ether oxygens (including phenoxy) is 3. The maximum Gasteiger partial charge on any atom is 0.438 e. The molecule has 3 N–H and O–H groups in total. The SMILES string of the molecule is COc1ccc2nc(C(F)(F)F)c(O[C@@H]3C[C@H]4C(=O)N[C@]5(C(=O)NS(=O)(=O)C6CC6)C[C@H]5/C=C\CCCCC[C@H](NC(=O)OC(C)(C)C)C(=O)N4C3)nc2c1. The third-order valence-corrected chi connectivity index (χ3v) is 11.7. The van der Waals surface area contributed by atoms with Gasteiger partial charge in [0.25, 0.3) is 5.91 Å². The van der Waals surface area contributed by atoms with E-state index in [2.05, 4.69) is 25.3 Å². The van der Waals surface area contributed by atoms with Gasteiger partial charge < -0.3 is 29.7 Å². The van der Waals surface area contributed by atoms with Crippen molar-refractivity contribution < 1.29 is 55.0 Å². The predicted octanol–water partition coefficient (Wildman–Crippen LogP) is 3.90. The third kappa shape index (κ3) is 9.24. The van der Waals surface area contributed by atoms with Gasteiger partial charge in [-0.1, -0.05) is 25.0 Å². The number of sulfonamides is 1. The molecule has 2 aliphatic carbocycles. The molecular formula is C36H45F3N6O9S. The second kappa shape index (κ2) is 15.1.